The van der Waals surface area contributed by atoms with Crippen molar-refractivity contribution < 1.29 is 24.2 Å². The molecule has 4 atom stereocenters. The molecule has 260 valence electrons. The summed E-state index contributed by atoms with van der Waals surface area (Å²) in [4.78, 5) is 44.3. The van der Waals surface area contributed by atoms with Crippen molar-refractivity contribution in [3.05, 3.63) is 106 Å². The zero-order chi connectivity index (χ0) is 35.2. The lowest BCUT2D eigenvalue weighted by Gasteiger charge is -2.32. The van der Waals surface area contributed by atoms with Gasteiger partial charge in [-0.05, 0) is 67.0 Å². The topological polar surface area (TPSA) is 146 Å². The van der Waals surface area contributed by atoms with Gasteiger partial charge in [0.15, 0.2) is 13.9 Å². The molecule has 0 unspecified atom stereocenters. The minimum absolute atomic E-state index is 0.00235. The van der Waals surface area contributed by atoms with Crippen LogP contribution in [0.2, 0.25) is 18.6 Å². The van der Waals surface area contributed by atoms with Crippen LogP contribution in [0.15, 0.2) is 83.6 Å². The van der Waals surface area contributed by atoms with Gasteiger partial charge in [0.05, 0.1) is 30.5 Å². The number of aromatic amines is 1. The van der Waals surface area contributed by atoms with E-state index in [9.17, 15) is 19.5 Å². The first kappa shape index (κ1) is 34.3. The number of carbonyl (C=O) groups excluding carboxylic acids is 2. The quantitative estimate of drug-likeness (QED) is 0.127. The van der Waals surface area contributed by atoms with E-state index in [-0.39, 0.29) is 42.4 Å². The second kappa shape index (κ2) is 13.5. The SMILES string of the molecule is C[C@@H]1[C@@H]([Si](C)(C)O)[C@H](CCn2cc(CCO)nn2)O[C@@]12C(=O)N(Cc1ccc(NC(=O)Cc3c[nH]c4ccccc34)cc1)c1ccc(Br)cc12. The number of halogens is 1. The fourth-order valence-corrected chi connectivity index (χ4v) is 10.9. The maximum absolute atomic E-state index is 14.7. The molecule has 4 heterocycles. The van der Waals surface area contributed by atoms with Crippen molar-refractivity contribution in [1.29, 1.82) is 0 Å². The number of amides is 2. The van der Waals surface area contributed by atoms with Crippen molar-refractivity contribution in [2.75, 3.05) is 16.8 Å². The van der Waals surface area contributed by atoms with E-state index in [1.807, 2.05) is 99.1 Å². The van der Waals surface area contributed by atoms with Gasteiger partial charge in [-0.2, -0.15) is 0 Å². The Hall–Kier alpha value is -4.14. The van der Waals surface area contributed by atoms with Crippen LogP contribution in [0.4, 0.5) is 11.4 Å². The van der Waals surface area contributed by atoms with Gasteiger partial charge >= 0.3 is 0 Å². The minimum Gasteiger partial charge on any atom is -0.432 e. The highest BCUT2D eigenvalue weighted by Gasteiger charge is 2.66. The number of benzene rings is 3. The predicted molar refractivity (Wildman–Crippen MR) is 197 cm³/mol. The van der Waals surface area contributed by atoms with Gasteiger partial charge in [-0.1, -0.05) is 58.4 Å². The first-order valence-corrected chi connectivity index (χ1v) is 20.8. The van der Waals surface area contributed by atoms with E-state index < -0.39 is 13.9 Å². The first-order chi connectivity index (χ1) is 24.0. The number of H-pyrrole nitrogens is 1. The monoisotopic (exact) mass is 756 g/mol. The van der Waals surface area contributed by atoms with Crippen LogP contribution in [0.25, 0.3) is 10.9 Å². The Morgan fingerprint density at radius 1 is 1.14 bits per heavy atom. The lowest BCUT2D eigenvalue weighted by molar-refractivity contribution is -0.146. The molecule has 1 saturated heterocycles. The summed E-state index contributed by atoms with van der Waals surface area (Å²) in [6.07, 6.45) is 4.53. The summed E-state index contributed by atoms with van der Waals surface area (Å²) in [5.41, 5.74) is 4.32. The van der Waals surface area contributed by atoms with Gasteiger partial charge in [0.1, 0.15) is 0 Å². The number of nitrogens with one attached hydrogen (secondary N) is 2. The fraction of sp³-hybridized carbons (Fsp3) is 0.351. The van der Waals surface area contributed by atoms with E-state index >= 15 is 0 Å². The van der Waals surface area contributed by atoms with Crippen LogP contribution in [0.1, 0.15) is 35.7 Å². The van der Waals surface area contributed by atoms with E-state index in [2.05, 4.69) is 36.5 Å². The minimum atomic E-state index is -2.83. The number of carbonyl (C=O) groups is 2. The van der Waals surface area contributed by atoms with Gasteiger partial charge in [-0.3, -0.25) is 14.3 Å². The van der Waals surface area contributed by atoms with E-state index in [0.717, 1.165) is 37.8 Å². The second-order valence-corrected chi connectivity index (χ2v) is 18.8. The summed E-state index contributed by atoms with van der Waals surface area (Å²) in [6, 6.07) is 21.3. The number of para-hydroxylation sites is 1. The average Bonchev–Trinajstić information content (AvgIpc) is 3.83. The van der Waals surface area contributed by atoms with Crippen LogP contribution in [0, 0.1) is 5.92 Å². The number of nitrogens with zero attached hydrogens (tertiary/aromatic N) is 4. The summed E-state index contributed by atoms with van der Waals surface area (Å²) >= 11 is 3.63. The number of aliphatic hydroxyl groups excluding tert-OH is 1. The lowest BCUT2D eigenvalue weighted by atomic mass is 9.82. The van der Waals surface area contributed by atoms with Crippen LogP contribution >= 0.6 is 15.9 Å². The molecule has 7 rings (SSSR count). The molecule has 13 heteroatoms. The Balaban J connectivity index is 1.10. The molecule has 5 aromatic rings. The fourth-order valence-electron chi connectivity index (χ4n) is 7.95. The highest BCUT2D eigenvalue weighted by atomic mass is 79.9. The summed E-state index contributed by atoms with van der Waals surface area (Å²) in [5.74, 6) is -0.550. The largest absolute Gasteiger partial charge is 0.432 e. The number of hydrogen-bond acceptors (Lipinski definition) is 7. The van der Waals surface area contributed by atoms with Crippen molar-refractivity contribution in [1.82, 2.24) is 20.0 Å². The van der Waals surface area contributed by atoms with Gasteiger partial charge in [0, 0.05) is 70.1 Å². The molecular weight excluding hydrogens is 716 g/mol. The molecule has 50 heavy (non-hydrogen) atoms. The van der Waals surface area contributed by atoms with E-state index in [0.29, 0.717) is 37.3 Å². The molecule has 11 nitrogen and oxygen atoms in total. The van der Waals surface area contributed by atoms with Crippen molar-refractivity contribution in [3.63, 3.8) is 0 Å². The highest BCUT2D eigenvalue weighted by molar-refractivity contribution is 9.10. The molecule has 0 radical (unpaired) electrons. The molecule has 1 spiro atoms. The number of fused-ring (bicyclic) bond motifs is 3. The Morgan fingerprint density at radius 3 is 2.68 bits per heavy atom. The molecule has 3 aromatic carbocycles. The van der Waals surface area contributed by atoms with Crippen molar-refractivity contribution in [2.24, 2.45) is 5.92 Å². The number of aryl methyl sites for hydroxylation is 1. The van der Waals surface area contributed by atoms with Crippen molar-refractivity contribution >= 4 is 58.3 Å². The molecule has 2 aliphatic heterocycles. The summed E-state index contributed by atoms with van der Waals surface area (Å²) in [6.45, 7) is 6.68. The smallest absolute Gasteiger partial charge is 0.264 e. The molecule has 0 aliphatic carbocycles. The van der Waals surface area contributed by atoms with Gasteiger partial charge in [-0.15, -0.1) is 5.10 Å². The van der Waals surface area contributed by atoms with E-state index in [1.54, 1.807) is 9.58 Å². The first-order valence-electron chi connectivity index (χ1n) is 16.9. The highest BCUT2D eigenvalue weighted by Crippen LogP contribution is 2.60. The maximum Gasteiger partial charge on any atom is 0.264 e. The van der Waals surface area contributed by atoms with Crippen molar-refractivity contribution in [3.8, 4) is 0 Å². The molecule has 2 aliphatic rings. The molecule has 2 aromatic heterocycles. The van der Waals surface area contributed by atoms with Gasteiger partial charge < -0.3 is 29.8 Å². The predicted octanol–water partition coefficient (Wildman–Crippen LogP) is 5.67. The van der Waals surface area contributed by atoms with Crippen LogP contribution in [0.3, 0.4) is 0 Å². The number of hydrogen-bond donors (Lipinski definition) is 4. The average molecular weight is 758 g/mol. The van der Waals surface area contributed by atoms with E-state index in [4.69, 9.17) is 4.74 Å². The summed E-state index contributed by atoms with van der Waals surface area (Å²) in [5, 5.41) is 21.6. The lowest BCUT2D eigenvalue weighted by Crippen LogP contribution is -2.46. The third-order valence-electron chi connectivity index (χ3n) is 10.1. The zero-order valence-corrected chi connectivity index (χ0v) is 30.9. The molecular formula is C37H41BrN6O5Si. The van der Waals surface area contributed by atoms with Crippen LogP contribution in [-0.2, 0) is 45.9 Å². The number of ether oxygens (including phenoxy) is 1. The number of aromatic nitrogens is 4. The van der Waals surface area contributed by atoms with E-state index in [1.165, 1.54) is 0 Å². The Kier molecular flexibility index (Phi) is 9.28. The third-order valence-corrected chi connectivity index (χ3v) is 13.1. The van der Waals surface area contributed by atoms with Crippen LogP contribution < -0.4 is 10.2 Å². The summed E-state index contributed by atoms with van der Waals surface area (Å²) < 4.78 is 9.51. The maximum atomic E-state index is 14.7. The number of rotatable bonds is 11. The normalized spacial score (nSPS) is 21.8. The molecule has 4 N–H and O–H groups in total. The van der Waals surface area contributed by atoms with Gasteiger partial charge in [0.25, 0.3) is 5.91 Å². The van der Waals surface area contributed by atoms with Crippen LogP contribution in [-0.4, -0.2) is 62.7 Å². The Bertz CT molecular complexity index is 2040. The number of anilines is 2. The van der Waals surface area contributed by atoms with Crippen molar-refractivity contribution in [2.45, 2.75) is 69.6 Å². The molecule has 0 saturated carbocycles. The molecule has 1 fully saturated rings. The standard InChI is InChI=1S/C37H41BrN6O5Si/c1-23-35(50(2,3)48)33(14-16-43-22-28(15-17-45)41-42-43)49-37(23)30-19-26(38)10-13-32(30)44(36(37)47)21-24-8-11-27(12-9-24)40-34(46)18-25-20-39-31-7-5-4-6-29(25)31/h4-13,19-20,22-23,33,35,39,45,48H,14-18,21H2,1-3H3,(H,40,46)/t23-,33+,35-,37+/m1/s1. The second-order valence-electron chi connectivity index (χ2n) is 13.9. The number of aliphatic hydroxyl groups is 1. The summed E-state index contributed by atoms with van der Waals surface area (Å²) in [7, 11) is -2.83. The molecule has 2 amide bonds. The Morgan fingerprint density at radius 2 is 1.92 bits per heavy atom. The van der Waals surface area contributed by atoms with Gasteiger partial charge in [0.2, 0.25) is 5.91 Å². The zero-order valence-electron chi connectivity index (χ0n) is 28.3. The van der Waals surface area contributed by atoms with Crippen LogP contribution in [0.5, 0.6) is 0 Å². The molecule has 0 bridgehead atoms. The Labute approximate surface area is 299 Å². The third kappa shape index (κ3) is 6.32. The van der Waals surface area contributed by atoms with Gasteiger partial charge in [-0.25, -0.2) is 0 Å².